The molecule has 8 heteroatoms. The van der Waals surface area contributed by atoms with Crippen LogP contribution in [0.4, 0.5) is 8.78 Å². The van der Waals surface area contributed by atoms with Crippen LogP contribution in [0.5, 0.6) is 0 Å². The molecule has 0 spiro atoms. The molecule has 1 aliphatic carbocycles. The van der Waals surface area contributed by atoms with Gasteiger partial charge in [0.15, 0.2) is 0 Å². The van der Waals surface area contributed by atoms with Gasteiger partial charge in [0.25, 0.3) is 5.91 Å². The second kappa shape index (κ2) is 14.0. The maximum Gasteiger partial charge on any atom is 0.254 e. The Bertz CT molecular complexity index is 1200. The molecule has 0 saturated heterocycles. The van der Waals surface area contributed by atoms with Crippen molar-refractivity contribution in [2.24, 2.45) is 0 Å². The summed E-state index contributed by atoms with van der Waals surface area (Å²) in [5, 5.41) is 0. The van der Waals surface area contributed by atoms with Gasteiger partial charge in [0.1, 0.15) is 18.2 Å². The van der Waals surface area contributed by atoms with Crippen LogP contribution in [0.25, 0.3) is 0 Å². The molecule has 2 aromatic carbocycles. The normalized spacial score (nSPS) is 13.8. The number of amides is 2. The van der Waals surface area contributed by atoms with Gasteiger partial charge in [-0.05, 0) is 73.4 Å². The molecule has 4 rings (SSSR count). The average molecular weight is 538 g/mol. The summed E-state index contributed by atoms with van der Waals surface area (Å²) in [5.41, 5.74) is 2.30. The monoisotopic (exact) mass is 537 g/mol. The number of carbonyl (C=O) groups excluding carboxylic acids is 2. The predicted molar refractivity (Wildman–Crippen MR) is 146 cm³/mol. The van der Waals surface area contributed by atoms with E-state index in [2.05, 4.69) is 4.57 Å². The van der Waals surface area contributed by atoms with Crippen molar-refractivity contribution in [2.75, 3.05) is 26.8 Å². The lowest BCUT2D eigenvalue weighted by Gasteiger charge is -2.36. The SMILES string of the molecule is COCCCN(CC(=O)N(Cc1cccn1Cc1ccc(F)cc1)C1CCCCC1)C(=O)c1ccc(F)cc1. The number of nitrogens with zero attached hydrogens (tertiary/aromatic N) is 3. The summed E-state index contributed by atoms with van der Waals surface area (Å²) in [7, 11) is 1.60. The van der Waals surface area contributed by atoms with Gasteiger partial charge in [-0.1, -0.05) is 31.4 Å². The molecule has 0 unspecified atom stereocenters. The van der Waals surface area contributed by atoms with Gasteiger partial charge in [-0.2, -0.15) is 0 Å². The third-order valence-corrected chi connectivity index (χ3v) is 7.34. The van der Waals surface area contributed by atoms with Crippen molar-refractivity contribution in [3.8, 4) is 0 Å². The van der Waals surface area contributed by atoms with E-state index in [9.17, 15) is 18.4 Å². The molecule has 0 bridgehead atoms. The Labute approximate surface area is 229 Å². The molecular formula is C31H37F2N3O3. The van der Waals surface area contributed by atoms with Gasteiger partial charge in [0, 0.05) is 50.3 Å². The lowest BCUT2D eigenvalue weighted by Crippen LogP contribution is -2.48. The van der Waals surface area contributed by atoms with Crippen LogP contribution in [-0.2, 0) is 22.6 Å². The fourth-order valence-corrected chi connectivity index (χ4v) is 5.20. The van der Waals surface area contributed by atoms with Crippen molar-refractivity contribution in [1.29, 1.82) is 0 Å². The molecule has 1 aromatic heterocycles. The van der Waals surface area contributed by atoms with Crippen LogP contribution >= 0.6 is 0 Å². The zero-order chi connectivity index (χ0) is 27.6. The molecule has 0 aliphatic heterocycles. The fourth-order valence-electron chi connectivity index (χ4n) is 5.20. The van der Waals surface area contributed by atoms with E-state index in [-0.39, 0.29) is 30.2 Å². The average Bonchev–Trinajstić information content (AvgIpc) is 3.39. The van der Waals surface area contributed by atoms with Crippen LogP contribution in [0.3, 0.4) is 0 Å². The summed E-state index contributed by atoms with van der Waals surface area (Å²) in [6, 6.07) is 15.9. The smallest absolute Gasteiger partial charge is 0.254 e. The van der Waals surface area contributed by atoms with Gasteiger partial charge in [-0.3, -0.25) is 9.59 Å². The van der Waals surface area contributed by atoms with E-state index >= 15 is 0 Å². The Balaban J connectivity index is 1.54. The highest BCUT2D eigenvalue weighted by Gasteiger charge is 2.29. The van der Waals surface area contributed by atoms with Crippen LogP contribution < -0.4 is 0 Å². The molecule has 1 heterocycles. The van der Waals surface area contributed by atoms with Gasteiger partial charge < -0.3 is 19.1 Å². The Morgan fingerprint density at radius 3 is 2.28 bits per heavy atom. The summed E-state index contributed by atoms with van der Waals surface area (Å²) < 4.78 is 34.1. The number of hydrogen-bond acceptors (Lipinski definition) is 3. The van der Waals surface area contributed by atoms with Gasteiger partial charge in [-0.15, -0.1) is 0 Å². The summed E-state index contributed by atoms with van der Waals surface area (Å²) >= 11 is 0. The molecule has 2 amide bonds. The number of carbonyl (C=O) groups is 2. The van der Waals surface area contributed by atoms with Gasteiger partial charge in [-0.25, -0.2) is 8.78 Å². The minimum atomic E-state index is -0.416. The third kappa shape index (κ3) is 7.99. The Morgan fingerprint density at radius 2 is 1.62 bits per heavy atom. The molecule has 0 radical (unpaired) electrons. The highest BCUT2D eigenvalue weighted by molar-refractivity contribution is 5.96. The fraction of sp³-hybridized carbons (Fsp3) is 0.419. The van der Waals surface area contributed by atoms with Crippen LogP contribution in [0.1, 0.15) is 60.1 Å². The van der Waals surface area contributed by atoms with Crippen LogP contribution in [0.15, 0.2) is 66.9 Å². The summed E-state index contributed by atoms with van der Waals surface area (Å²) in [5.74, 6) is -1.10. The highest BCUT2D eigenvalue weighted by atomic mass is 19.1. The zero-order valence-electron chi connectivity index (χ0n) is 22.5. The maximum atomic E-state index is 13.9. The van der Waals surface area contributed by atoms with Crippen LogP contribution in [0.2, 0.25) is 0 Å². The molecule has 0 N–H and O–H groups in total. The van der Waals surface area contributed by atoms with Gasteiger partial charge >= 0.3 is 0 Å². The first-order valence-corrected chi connectivity index (χ1v) is 13.7. The number of rotatable bonds is 12. The van der Waals surface area contributed by atoms with Crippen molar-refractivity contribution in [3.63, 3.8) is 0 Å². The number of hydrogen-bond donors (Lipinski definition) is 0. The first-order valence-electron chi connectivity index (χ1n) is 13.7. The van der Waals surface area contributed by atoms with Crippen LogP contribution in [-0.4, -0.2) is 59.0 Å². The first kappa shape index (κ1) is 28.5. The lowest BCUT2D eigenvalue weighted by atomic mass is 9.94. The van der Waals surface area contributed by atoms with Gasteiger partial charge in [0.05, 0.1) is 6.54 Å². The van der Waals surface area contributed by atoms with Crippen molar-refractivity contribution < 1.29 is 23.1 Å². The quantitative estimate of drug-likeness (QED) is 0.281. The Hall–Kier alpha value is -3.52. The second-order valence-corrected chi connectivity index (χ2v) is 10.1. The van der Waals surface area contributed by atoms with E-state index in [1.54, 1.807) is 24.1 Å². The highest BCUT2D eigenvalue weighted by Crippen LogP contribution is 2.25. The minimum Gasteiger partial charge on any atom is -0.385 e. The van der Waals surface area contributed by atoms with E-state index < -0.39 is 5.82 Å². The van der Waals surface area contributed by atoms with Crippen molar-refractivity contribution in [2.45, 2.75) is 57.7 Å². The third-order valence-electron chi connectivity index (χ3n) is 7.34. The summed E-state index contributed by atoms with van der Waals surface area (Å²) in [6.45, 7) is 1.75. The molecule has 1 saturated carbocycles. The van der Waals surface area contributed by atoms with Crippen LogP contribution in [0, 0.1) is 11.6 Å². The summed E-state index contributed by atoms with van der Waals surface area (Å²) in [6.07, 6.45) is 7.71. The van der Waals surface area contributed by atoms with Gasteiger partial charge in [0.2, 0.25) is 5.91 Å². The molecular weight excluding hydrogens is 500 g/mol. The Kier molecular flexibility index (Phi) is 10.3. The maximum absolute atomic E-state index is 13.9. The molecule has 0 atom stereocenters. The van der Waals surface area contributed by atoms with E-state index in [4.69, 9.17) is 4.74 Å². The van der Waals surface area contributed by atoms with E-state index in [0.29, 0.717) is 38.2 Å². The molecule has 208 valence electrons. The number of aromatic nitrogens is 1. The van der Waals surface area contributed by atoms with E-state index in [0.717, 1.165) is 43.4 Å². The number of halogens is 2. The minimum absolute atomic E-state index is 0.0604. The van der Waals surface area contributed by atoms with Crippen molar-refractivity contribution >= 4 is 11.8 Å². The van der Waals surface area contributed by atoms with Crippen molar-refractivity contribution in [3.05, 3.63) is 95.3 Å². The standard InChI is InChI=1S/C31H37F2N3O3/c1-39-20-6-19-35(31(38)25-12-16-27(33)17-13-25)23-30(37)36(28-7-3-2-4-8-28)22-29-9-5-18-34(29)21-24-10-14-26(32)15-11-24/h5,9-18,28H,2-4,6-8,19-23H2,1H3. The second-order valence-electron chi connectivity index (χ2n) is 10.1. The predicted octanol–water partition coefficient (Wildman–Crippen LogP) is 5.65. The molecule has 6 nitrogen and oxygen atoms in total. The topological polar surface area (TPSA) is 54.8 Å². The zero-order valence-corrected chi connectivity index (χ0v) is 22.5. The number of benzene rings is 2. The lowest BCUT2D eigenvalue weighted by molar-refractivity contribution is -0.135. The van der Waals surface area contributed by atoms with E-state index in [1.807, 2.05) is 23.2 Å². The number of ether oxygens (including phenoxy) is 1. The largest absolute Gasteiger partial charge is 0.385 e. The Morgan fingerprint density at radius 1 is 0.949 bits per heavy atom. The first-order chi connectivity index (χ1) is 18.9. The van der Waals surface area contributed by atoms with E-state index in [1.165, 1.54) is 36.4 Å². The molecule has 39 heavy (non-hydrogen) atoms. The molecule has 1 aliphatic rings. The molecule has 1 fully saturated rings. The molecule has 3 aromatic rings. The summed E-state index contributed by atoms with van der Waals surface area (Å²) in [4.78, 5) is 30.7. The number of methoxy groups -OCH3 is 1. The van der Waals surface area contributed by atoms with Crippen molar-refractivity contribution in [1.82, 2.24) is 14.4 Å².